The topological polar surface area (TPSA) is 73.6 Å². The lowest BCUT2D eigenvalue weighted by molar-refractivity contribution is -0.384. The number of nitrogens with zero attached hydrogens (tertiary/aromatic N) is 1. The lowest BCUT2D eigenvalue weighted by Gasteiger charge is -2.09. The largest absolute Gasteiger partial charge is 0.490 e. The van der Waals surface area contributed by atoms with Crippen molar-refractivity contribution in [3.05, 3.63) is 28.3 Å². The number of anilines is 1. The fraction of sp³-hybridized carbons (Fsp3) is 0.455. The van der Waals surface area contributed by atoms with Gasteiger partial charge in [0.2, 0.25) is 0 Å². The van der Waals surface area contributed by atoms with Gasteiger partial charge in [-0.2, -0.15) is 0 Å². The molecule has 1 aromatic rings. The second kappa shape index (κ2) is 6.70. The molecule has 0 saturated heterocycles. The number of hydrogen-bond acceptors (Lipinski definition) is 5. The SMILES string of the molecule is COCCCNc1cccc(OC)c1[N+](=O)[O-]. The van der Waals surface area contributed by atoms with Crippen molar-refractivity contribution >= 4 is 11.4 Å². The van der Waals surface area contributed by atoms with E-state index in [-0.39, 0.29) is 11.4 Å². The van der Waals surface area contributed by atoms with Crippen LogP contribution in [-0.2, 0) is 4.74 Å². The molecular weight excluding hydrogens is 224 g/mol. The monoisotopic (exact) mass is 240 g/mol. The Morgan fingerprint density at radius 1 is 1.41 bits per heavy atom. The first-order valence-electron chi connectivity index (χ1n) is 5.25. The van der Waals surface area contributed by atoms with Gasteiger partial charge in [0.05, 0.1) is 12.0 Å². The van der Waals surface area contributed by atoms with Gasteiger partial charge in [-0.15, -0.1) is 0 Å². The van der Waals surface area contributed by atoms with Gasteiger partial charge >= 0.3 is 5.69 Å². The number of nitro benzene ring substituents is 1. The average molecular weight is 240 g/mol. The van der Waals surface area contributed by atoms with Crippen LogP contribution in [0.1, 0.15) is 6.42 Å². The average Bonchev–Trinajstić information content (AvgIpc) is 2.33. The molecule has 0 saturated carbocycles. The van der Waals surface area contributed by atoms with Crippen molar-refractivity contribution in [3.63, 3.8) is 0 Å². The van der Waals surface area contributed by atoms with Crippen molar-refractivity contribution in [1.29, 1.82) is 0 Å². The highest BCUT2D eigenvalue weighted by molar-refractivity contribution is 5.68. The smallest absolute Gasteiger partial charge is 0.333 e. The minimum absolute atomic E-state index is 0.0348. The molecule has 1 aromatic carbocycles. The van der Waals surface area contributed by atoms with E-state index in [2.05, 4.69) is 5.32 Å². The first-order chi connectivity index (χ1) is 8.20. The maximum atomic E-state index is 11.0. The summed E-state index contributed by atoms with van der Waals surface area (Å²) < 4.78 is 9.87. The molecule has 17 heavy (non-hydrogen) atoms. The third kappa shape index (κ3) is 3.60. The lowest BCUT2D eigenvalue weighted by atomic mass is 10.2. The van der Waals surface area contributed by atoms with Crippen molar-refractivity contribution in [2.24, 2.45) is 0 Å². The number of methoxy groups -OCH3 is 2. The van der Waals surface area contributed by atoms with E-state index in [4.69, 9.17) is 9.47 Å². The molecular formula is C11H16N2O4. The number of benzene rings is 1. The molecule has 0 aromatic heterocycles. The molecule has 0 amide bonds. The van der Waals surface area contributed by atoms with E-state index in [0.29, 0.717) is 18.8 Å². The van der Waals surface area contributed by atoms with Crippen LogP contribution in [0.5, 0.6) is 5.75 Å². The molecule has 0 aliphatic carbocycles. The van der Waals surface area contributed by atoms with E-state index in [1.54, 1.807) is 25.3 Å². The van der Waals surface area contributed by atoms with Gasteiger partial charge in [-0.1, -0.05) is 6.07 Å². The van der Waals surface area contributed by atoms with E-state index < -0.39 is 4.92 Å². The Balaban J connectivity index is 2.79. The van der Waals surface area contributed by atoms with Gasteiger partial charge in [0.25, 0.3) is 0 Å². The molecule has 1 N–H and O–H groups in total. The van der Waals surface area contributed by atoms with Crippen molar-refractivity contribution < 1.29 is 14.4 Å². The van der Waals surface area contributed by atoms with E-state index in [9.17, 15) is 10.1 Å². The summed E-state index contributed by atoms with van der Waals surface area (Å²) in [5, 5.41) is 14.0. The van der Waals surface area contributed by atoms with E-state index in [0.717, 1.165) is 6.42 Å². The number of hydrogen-bond donors (Lipinski definition) is 1. The highest BCUT2D eigenvalue weighted by Crippen LogP contribution is 2.34. The number of ether oxygens (including phenoxy) is 2. The van der Waals surface area contributed by atoms with Crippen molar-refractivity contribution in [1.82, 2.24) is 0 Å². The summed E-state index contributed by atoms with van der Waals surface area (Å²) in [7, 11) is 3.03. The van der Waals surface area contributed by atoms with Gasteiger partial charge in [-0.3, -0.25) is 10.1 Å². The molecule has 0 spiro atoms. The van der Waals surface area contributed by atoms with Gasteiger partial charge in [0.15, 0.2) is 5.75 Å². The van der Waals surface area contributed by atoms with Crippen molar-refractivity contribution in [2.45, 2.75) is 6.42 Å². The maximum Gasteiger partial charge on any atom is 0.333 e. The van der Waals surface area contributed by atoms with E-state index in [1.165, 1.54) is 7.11 Å². The normalized spacial score (nSPS) is 10.0. The fourth-order valence-corrected chi connectivity index (χ4v) is 1.46. The Kier molecular flexibility index (Phi) is 5.22. The standard InChI is InChI=1S/C11H16N2O4/c1-16-8-4-7-12-9-5-3-6-10(17-2)11(9)13(14)15/h3,5-6,12H,4,7-8H2,1-2H3. The maximum absolute atomic E-state index is 11.0. The van der Waals surface area contributed by atoms with Crippen LogP contribution in [0, 0.1) is 10.1 Å². The van der Waals surface area contributed by atoms with Crippen LogP contribution in [0.25, 0.3) is 0 Å². The molecule has 6 heteroatoms. The molecule has 94 valence electrons. The summed E-state index contributed by atoms with van der Waals surface area (Å²) in [6.45, 7) is 1.23. The summed E-state index contributed by atoms with van der Waals surface area (Å²) in [6.07, 6.45) is 0.783. The Morgan fingerprint density at radius 2 is 2.18 bits per heavy atom. The highest BCUT2D eigenvalue weighted by atomic mass is 16.6. The molecule has 0 unspecified atom stereocenters. The van der Waals surface area contributed by atoms with Gasteiger partial charge in [-0.05, 0) is 18.6 Å². The predicted octanol–water partition coefficient (Wildman–Crippen LogP) is 2.05. The van der Waals surface area contributed by atoms with Crippen LogP contribution in [0.3, 0.4) is 0 Å². The van der Waals surface area contributed by atoms with Gasteiger partial charge < -0.3 is 14.8 Å². The Bertz CT molecular complexity index is 382. The van der Waals surface area contributed by atoms with Crippen LogP contribution in [-0.4, -0.2) is 32.3 Å². The Hall–Kier alpha value is -1.82. The van der Waals surface area contributed by atoms with Crippen LogP contribution in [0.4, 0.5) is 11.4 Å². The minimum atomic E-state index is -0.447. The van der Waals surface area contributed by atoms with Gasteiger partial charge in [0, 0.05) is 20.3 Å². The third-order valence-electron chi connectivity index (χ3n) is 2.24. The number of nitrogens with one attached hydrogen (secondary N) is 1. The zero-order valence-electron chi connectivity index (χ0n) is 9.93. The number of nitro groups is 1. The van der Waals surface area contributed by atoms with E-state index in [1.807, 2.05) is 0 Å². The zero-order chi connectivity index (χ0) is 12.7. The molecule has 0 aliphatic rings. The predicted molar refractivity (Wildman–Crippen MR) is 64.6 cm³/mol. The molecule has 6 nitrogen and oxygen atoms in total. The minimum Gasteiger partial charge on any atom is -0.490 e. The molecule has 0 atom stereocenters. The summed E-state index contributed by atoms with van der Waals surface area (Å²) in [5.74, 6) is 0.256. The first-order valence-corrected chi connectivity index (χ1v) is 5.25. The second-order valence-corrected chi connectivity index (χ2v) is 3.39. The van der Waals surface area contributed by atoms with Gasteiger partial charge in [-0.25, -0.2) is 0 Å². The number of rotatable bonds is 7. The van der Waals surface area contributed by atoms with Crippen LogP contribution in [0.15, 0.2) is 18.2 Å². The van der Waals surface area contributed by atoms with Crippen LogP contribution < -0.4 is 10.1 Å². The van der Waals surface area contributed by atoms with Crippen molar-refractivity contribution in [3.8, 4) is 5.75 Å². The summed E-state index contributed by atoms with van der Waals surface area (Å²) in [6, 6.07) is 4.94. The zero-order valence-corrected chi connectivity index (χ0v) is 9.93. The summed E-state index contributed by atoms with van der Waals surface area (Å²) in [4.78, 5) is 10.5. The Labute approximate surface area is 99.7 Å². The second-order valence-electron chi connectivity index (χ2n) is 3.39. The highest BCUT2D eigenvalue weighted by Gasteiger charge is 2.19. The molecule has 1 rings (SSSR count). The summed E-state index contributed by atoms with van der Waals surface area (Å²) in [5.41, 5.74) is 0.429. The molecule has 0 radical (unpaired) electrons. The van der Waals surface area contributed by atoms with E-state index >= 15 is 0 Å². The van der Waals surface area contributed by atoms with Crippen LogP contribution in [0.2, 0.25) is 0 Å². The number of para-hydroxylation sites is 1. The van der Waals surface area contributed by atoms with Crippen LogP contribution >= 0.6 is 0 Å². The molecule has 0 bridgehead atoms. The molecule has 0 heterocycles. The summed E-state index contributed by atoms with van der Waals surface area (Å²) >= 11 is 0. The lowest BCUT2D eigenvalue weighted by Crippen LogP contribution is -2.07. The quantitative estimate of drug-likeness (QED) is 0.448. The third-order valence-corrected chi connectivity index (χ3v) is 2.24. The molecule has 0 fully saturated rings. The van der Waals surface area contributed by atoms with Gasteiger partial charge in [0.1, 0.15) is 5.69 Å². The first kappa shape index (κ1) is 13.2. The van der Waals surface area contributed by atoms with Crippen molar-refractivity contribution in [2.75, 3.05) is 32.7 Å². The molecule has 0 aliphatic heterocycles. The Morgan fingerprint density at radius 3 is 2.76 bits per heavy atom. The fourth-order valence-electron chi connectivity index (χ4n) is 1.46.